The van der Waals surface area contributed by atoms with Gasteiger partial charge in [-0.05, 0) is 24.3 Å². The number of hydrogen-bond acceptors (Lipinski definition) is 2. The average molecular weight is 386 g/mol. The van der Waals surface area contributed by atoms with Crippen molar-refractivity contribution in [1.29, 1.82) is 0 Å². The van der Waals surface area contributed by atoms with Crippen molar-refractivity contribution in [2.24, 2.45) is 0 Å². The van der Waals surface area contributed by atoms with Crippen LogP contribution in [0.2, 0.25) is 0 Å². The fourth-order valence-electron chi connectivity index (χ4n) is 1.77. The molecule has 0 spiro atoms. The SMILES string of the molecule is FC(F)(Oc1ccccc1)C(F)(F)C(F)(F)C(F)(F)Oc1ccccc1. The van der Waals surface area contributed by atoms with E-state index in [4.69, 9.17) is 0 Å². The van der Waals surface area contributed by atoms with Gasteiger partial charge in [-0.3, -0.25) is 0 Å². The molecule has 0 heterocycles. The summed E-state index contributed by atoms with van der Waals surface area (Å²) in [5.74, 6) is -15.0. The number of ether oxygens (including phenoxy) is 2. The minimum Gasteiger partial charge on any atom is -0.428 e. The van der Waals surface area contributed by atoms with Crippen LogP contribution < -0.4 is 9.47 Å². The molecule has 0 aliphatic carbocycles. The molecule has 2 aromatic carbocycles. The monoisotopic (exact) mass is 386 g/mol. The zero-order chi connectivity index (χ0) is 19.6. The third-order valence-electron chi connectivity index (χ3n) is 3.10. The van der Waals surface area contributed by atoms with Crippen molar-refractivity contribution in [3.05, 3.63) is 60.7 Å². The van der Waals surface area contributed by atoms with E-state index in [1.165, 1.54) is 12.1 Å². The first-order valence-corrected chi connectivity index (χ1v) is 6.90. The van der Waals surface area contributed by atoms with E-state index in [0.29, 0.717) is 0 Å². The fraction of sp³-hybridized carbons (Fsp3) is 0.250. The summed E-state index contributed by atoms with van der Waals surface area (Å²) in [4.78, 5) is 0. The molecule has 0 bridgehead atoms. The highest BCUT2D eigenvalue weighted by atomic mass is 19.4. The molecule has 0 amide bonds. The van der Waals surface area contributed by atoms with Crippen molar-refractivity contribution in [3.8, 4) is 11.5 Å². The van der Waals surface area contributed by atoms with E-state index in [-0.39, 0.29) is 0 Å². The average Bonchev–Trinajstić information content (AvgIpc) is 2.55. The highest BCUT2D eigenvalue weighted by molar-refractivity contribution is 5.23. The topological polar surface area (TPSA) is 18.5 Å². The first-order valence-electron chi connectivity index (χ1n) is 6.90. The highest BCUT2D eigenvalue weighted by Crippen LogP contribution is 2.53. The van der Waals surface area contributed by atoms with Crippen LogP contribution in [0.5, 0.6) is 11.5 Å². The van der Waals surface area contributed by atoms with Crippen LogP contribution >= 0.6 is 0 Å². The molecule has 142 valence electrons. The molecule has 0 unspecified atom stereocenters. The largest absolute Gasteiger partial charge is 0.471 e. The van der Waals surface area contributed by atoms with Gasteiger partial charge >= 0.3 is 24.1 Å². The Morgan fingerprint density at radius 2 is 0.731 bits per heavy atom. The third-order valence-corrected chi connectivity index (χ3v) is 3.10. The van der Waals surface area contributed by atoms with Crippen LogP contribution in [0.15, 0.2) is 60.7 Å². The summed E-state index contributed by atoms with van der Waals surface area (Å²) in [6, 6.07) is 10.0. The Kier molecular flexibility index (Phi) is 5.07. The van der Waals surface area contributed by atoms with Crippen molar-refractivity contribution < 1.29 is 44.6 Å². The van der Waals surface area contributed by atoms with Crippen LogP contribution in [0.1, 0.15) is 0 Å². The van der Waals surface area contributed by atoms with Crippen molar-refractivity contribution >= 4 is 0 Å². The predicted molar refractivity (Wildman–Crippen MR) is 73.9 cm³/mol. The van der Waals surface area contributed by atoms with E-state index >= 15 is 0 Å². The smallest absolute Gasteiger partial charge is 0.428 e. The van der Waals surface area contributed by atoms with Gasteiger partial charge in [0.15, 0.2) is 0 Å². The van der Waals surface area contributed by atoms with Gasteiger partial charge in [0.25, 0.3) is 0 Å². The van der Waals surface area contributed by atoms with Gasteiger partial charge in [0.2, 0.25) is 0 Å². The Bertz CT molecular complexity index is 656. The number of rotatable bonds is 7. The van der Waals surface area contributed by atoms with Crippen LogP contribution in [0.3, 0.4) is 0 Å². The van der Waals surface area contributed by atoms with E-state index in [2.05, 4.69) is 9.47 Å². The number of halogens is 8. The van der Waals surface area contributed by atoms with Crippen LogP contribution in [0, 0.1) is 0 Å². The van der Waals surface area contributed by atoms with Gasteiger partial charge < -0.3 is 9.47 Å². The lowest BCUT2D eigenvalue weighted by atomic mass is 10.1. The molecule has 0 aromatic heterocycles. The Morgan fingerprint density at radius 3 is 1.00 bits per heavy atom. The van der Waals surface area contributed by atoms with Gasteiger partial charge in [0.05, 0.1) is 0 Å². The molecule has 0 fully saturated rings. The molecule has 2 nitrogen and oxygen atoms in total. The molecule has 0 atom stereocenters. The van der Waals surface area contributed by atoms with E-state index < -0.39 is 35.6 Å². The van der Waals surface area contributed by atoms with E-state index in [0.717, 1.165) is 48.5 Å². The Balaban J connectivity index is 2.31. The maximum absolute atomic E-state index is 13.7. The van der Waals surface area contributed by atoms with E-state index in [1.54, 1.807) is 0 Å². The van der Waals surface area contributed by atoms with Crippen molar-refractivity contribution in [2.45, 2.75) is 24.1 Å². The van der Waals surface area contributed by atoms with Crippen LogP contribution in [-0.2, 0) is 0 Å². The number of benzene rings is 2. The van der Waals surface area contributed by atoms with E-state index in [9.17, 15) is 35.1 Å². The van der Waals surface area contributed by atoms with Crippen LogP contribution in [0.4, 0.5) is 35.1 Å². The second kappa shape index (κ2) is 6.65. The van der Waals surface area contributed by atoms with Crippen LogP contribution in [-0.4, -0.2) is 24.1 Å². The Labute approximate surface area is 141 Å². The molecule has 0 N–H and O–H groups in total. The summed E-state index contributed by atoms with van der Waals surface area (Å²) in [6.45, 7) is 0. The summed E-state index contributed by atoms with van der Waals surface area (Å²) in [5, 5.41) is 0. The number of alkyl halides is 8. The molecular weight excluding hydrogens is 376 g/mol. The number of hydrogen-bond donors (Lipinski definition) is 0. The predicted octanol–water partition coefficient (Wildman–Crippen LogP) is 5.60. The molecular formula is C16H10F8O2. The summed E-state index contributed by atoms with van der Waals surface area (Å²) >= 11 is 0. The molecule has 0 radical (unpaired) electrons. The van der Waals surface area contributed by atoms with E-state index in [1.807, 2.05) is 0 Å². The molecule has 26 heavy (non-hydrogen) atoms. The summed E-state index contributed by atoms with van der Waals surface area (Å²) < 4.78 is 116. The minimum absolute atomic E-state index is 0.765. The van der Waals surface area contributed by atoms with Gasteiger partial charge in [-0.1, -0.05) is 36.4 Å². The molecule has 0 saturated carbocycles. The second-order valence-corrected chi connectivity index (χ2v) is 5.01. The Morgan fingerprint density at radius 1 is 0.462 bits per heavy atom. The number of para-hydroxylation sites is 2. The zero-order valence-corrected chi connectivity index (χ0v) is 12.6. The standard InChI is InChI=1S/C16H10F8O2/c17-13(18,15(21,22)25-11-7-3-1-4-8-11)14(19,20)16(23,24)26-12-9-5-2-6-10-12/h1-10H. The molecule has 2 aromatic rings. The molecule has 0 aliphatic heterocycles. The molecule has 2 rings (SSSR count). The van der Waals surface area contributed by atoms with Crippen molar-refractivity contribution in [2.75, 3.05) is 0 Å². The summed E-state index contributed by atoms with van der Waals surface area (Å²) in [6.07, 6.45) is -11.9. The first kappa shape index (κ1) is 19.8. The van der Waals surface area contributed by atoms with Gasteiger partial charge in [-0.15, -0.1) is 0 Å². The highest BCUT2D eigenvalue weighted by Gasteiger charge is 2.84. The lowest BCUT2D eigenvalue weighted by Gasteiger charge is -2.35. The van der Waals surface area contributed by atoms with Crippen molar-refractivity contribution in [3.63, 3.8) is 0 Å². The molecule has 10 heteroatoms. The van der Waals surface area contributed by atoms with Crippen LogP contribution in [0.25, 0.3) is 0 Å². The minimum atomic E-state index is -6.60. The van der Waals surface area contributed by atoms with Gasteiger partial charge in [0, 0.05) is 0 Å². The molecule has 0 saturated heterocycles. The van der Waals surface area contributed by atoms with Gasteiger partial charge in [-0.2, -0.15) is 35.1 Å². The first-order chi connectivity index (χ1) is 11.9. The summed E-state index contributed by atoms with van der Waals surface area (Å²) in [5.41, 5.74) is 0. The summed E-state index contributed by atoms with van der Waals surface area (Å²) in [7, 11) is 0. The lowest BCUT2D eigenvalue weighted by Crippen LogP contribution is -2.65. The third kappa shape index (κ3) is 3.54. The zero-order valence-electron chi connectivity index (χ0n) is 12.6. The second-order valence-electron chi connectivity index (χ2n) is 5.01. The lowest BCUT2D eigenvalue weighted by molar-refractivity contribution is -0.437. The van der Waals surface area contributed by atoms with Gasteiger partial charge in [-0.25, -0.2) is 0 Å². The molecule has 0 aliphatic rings. The quantitative estimate of drug-likeness (QED) is 0.577. The maximum atomic E-state index is 13.7. The maximum Gasteiger partial charge on any atom is 0.471 e. The Hall–Kier alpha value is -2.52. The van der Waals surface area contributed by atoms with Crippen molar-refractivity contribution in [1.82, 2.24) is 0 Å². The normalized spacial score (nSPS) is 13.4. The fourth-order valence-corrected chi connectivity index (χ4v) is 1.77. The van der Waals surface area contributed by atoms with Gasteiger partial charge in [0.1, 0.15) is 11.5 Å².